The van der Waals surface area contributed by atoms with Crippen LogP contribution in [0.3, 0.4) is 0 Å². The first-order valence-electron chi connectivity index (χ1n) is 7.79. The number of aliphatic imine (C=N–C) groups is 1. The molecule has 0 unspecified atom stereocenters. The van der Waals surface area contributed by atoms with Crippen LogP contribution in [-0.2, 0) is 18.5 Å². The molecule has 4 heteroatoms. The summed E-state index contributed by atoms with van der Waals surface area (Å²) in [5, 5.41) is 0. The second kappa shape index (κ2) is 6.84. The Balaban J connectivity index is 2.38. The van der Waals surface area contributed by atoms with Crippen molar-refractivity contribution in [2.24, 2.45) is 22.2 Å². The van der Waals surface area contributed by atoms with E-state index in [1.54, 1.807) is 0 Å². The van der Waals surface area contributed by atoms with Crippen molar-refractivity contribution >= 4 is 5.96 Å². The molecule has 2 aromatic carbocycles. The van der Waals surface area contributed by atoms with Crippen molar-refractivity contribution in [1.82, 2.24) is 0 Å². The fourth-order valence-corrected chi connectivity index (χ4v) is 2.48. The quantitative estimate of drug-likeness (QED) is 0.599. The lowest BCUT2D eigenvalue weighted by Gasteiger charge is -2.19. The number of benzene rings is 2. The molecule has 0 saturated heterocycles. The van der Waals surface area contributed by atoms with Gasteiger partial charge >= 0.3 is 0 Å². The zero-order valence-electron chi connectivity index (χ0n) is 14.1. The summed E-state index contributed by atoms with van der Waals surface area (Å²) < 4.78 is 0. The Hall–Kier alpha value is -2.33. The normalized spacial score (nSPS) is 11.3. The lowest BCUT2D eigenvalue weighted by Crippen LogP contribution is -2.22. The fourth-order valence-electron chi connectivity index (χ4n) is 2.48. The first-order valence-corrected chi connectivity index (χ1v) is 7.79. The minimum atomic E-state index is 0.0965. The molecule has 2 rings (SSSR count). The van der Waals surface area contributed by atoms with Gasteiger partial charge in [0.05, 0.1) is 6.54 Å². The number of guanidine groups is 1. The molecule has 0 aromatic heterocycles. The minimum absolute atomic E-state index is 0.0965. The Morgan fingerprint density at radius 2 is 1.52 bits per heavy atom. The average molecular weight is 310 g/mol. The third kappa shape index (κ3) is 4.57. The Morgan fingerprint density at radius 1 is 0.913 bits per heavy atom. The van der Waals surface area contributed by atoms with Crippen LogP contribution >= 0.6 is 0 Å². The summed E-state index contributed by atoms with van der Waals surface area (Å²) in [6, 6.07) is 14.9. The number of nitrogens with zero attached hydrogens (tertiary/aromatic N) is 1. The molecular formula is C19H26N4. The van der Waals surface area contributed by atoms with Gasteiger partial charge in [0.25, 0.3) is 0 Å². The van der Waals surface area contributed by atoms with E-state index >= 15 is 0 Å². The van der Waals surface area contributed by atoms with Crippen molar-refractivity contribution in [3.63, 3.8) is 0 Å². The largest absolute Gasteiger partial charge is 0.370 e. The van der Waals surface area contributed by atoms with E-state index in [9.17, 15) is 0 Å². The molecule has 0 heterocycles. The van der Waals surface area contributed by atoms with Crippen molar-refractivity contribution < 1.29 is 0 Å². The molecule has 0 amide bonds. The maximum atomic E-state index is 5.82. The van der Waals surface area contributed by atoms with Crippen LogP contribution in [0, 0.1) is 0 Å². The molecule has 2 aromatic rings. The molecule has 0 aliphatic rings. The lowest BCUT2D eigenvalue weighted by molar-refractivity contribution is 0.590. The highest BCUT2D eigenvalue weighted by Gasteiger charge is 2.13. The lowest BCUT2D eigenvalue weighted by atomic mass is 9.86. The summed E-state index contributed by atoms with van der Waals surface area (Å²) in [7, 11) is 0. The summed E-state index contributed by atoms with van der Waals surface area (Å²) in [6.07, 6.45) is 0. The van der Waals surface area contributed by atoms with Gasteiger partial charge in [0.1, 0.15) is 0 Å². The number of nitrogens with two attached hydrogens (primary N) is 3. The first-order chi connectivity index (χ1) is 10.8. The standard InChI is InChI=1S/C19H26N4/c1-19(2,3)17-6-4-15(5-7-17)16-9-13(11-20)8-14(10-16)12-23-18(21)22/h4-10H,11-12,20H2,1-3H3,(H4,21,22,23). The number of hydrogen-bond donors (Lipinski definition) is 3. The number of rotatable bonds is 4. The fraction of sp³-hybridized carbons (Fsp3) is 0.316. The van der Waals surface area contributed by atoms with E-state index in [0.717, 1.165) is 16.7 Å². The van der Waals surface area contributed by atoms with E-state index in [0.29, 0.717) is 13.1 Å². The highest BCUT2D eigenvalue weighted by molar-refractivity contribution is 5.75. The monoisotopic (exact) mass is 310 g/mol. The summed E-state index contributed by atoms with van der Waals surface area (Å²) in [5.74, 6) is 0.0965. The predicted molar refractivity (Wildman–Crippen MR) is 98.0 cm³/mol. The summed E-state index contributed by atoms with van der Waals surface area (Å²) >= 11 is 0. The average Bonchev–Trinajstić information content (AvgIpc) is 2.52. The highest BCUT2D eigenvalue weighted by atomic mass is 15.0. The van der Waals surface area contributed by atoms with Crippen molar-refractivity contribution in [2.45, 2.75) is 39.3 Å². The van der Waals surface area contributed by atoms with Gasteiger partial charge in [-0.15, -0.1) is 0 Å². The molecule has 122 valence electrons. The van der Waals surface area contributed by atoms with Crippen LogP contribution in [-0.4, -0.2) is 5.96 Å². The first kappa shape index (κ1) is 17.0. The van der Waals surface area contributed by atoms with Crippen LogP contribution < -0.4 is 17.2 Å². The molecule has 0 aliphatic carbocycles. The van der Waals surface area contributed by atoms with E-state index in [-0.39, 0.29) is 11.4 Å². The Kier molecular flexibility index (Phi) is 5.06. The second-order valence-corrected chi connectivity index (χ2v) is 6.81. The third-order valence-corrected chi connectivity index (χ3v) is 3.82. The van der Waals surface area contributed by atoms with E-state index in [2.05, 4.69) is 62.2 Å². The Bertz CT molecular complexity index is 690. The molecule has 6 N–H and O–H groups in total. The van der Waals surface area contributed by atoms with Crippen molar-refractivity contribution in [2.75, 3.05) is 0 Å². The van der Waals surface area contributed by atoms with Crippen LogP contribution in [0.25, 0.3) is 11.1 Å². The zero-order chi connectivity index (χ0) is 17.0. The van der Waals surface area contributed by atoms with E-state index in [1.165, 1.54) is 11.1 Å². The summed E-state index contributed by atoms with van der Waals surface area (Å²) in [4.78, 5) is 4.08. The molecule has 0 saturated carbocycles. The molecule has 0 fully saturated rings. The maximum Gasteiger partial charge on any atom is 0.186 e. The number of hydrogen-bond acceptors (Lipinski definition) is 2. The van der Waals surface area contributed by atoms with Crippen LogP contribution in [0.5, 0.6) is 0 Å². The SMILES string of the molecule is CC(C)(C)c1ccc(-c2cc(CN)cc(CN=C(N)N)c2)cc1. The molecule has 0 atom stereocenters. The maximum absolute atomic E-state index is 5.82. The van der Waals surface area contributed by atoms with E-state index in [1.807, 2.05) is 6.07 Å². The van der Waals surface area contributed by atoms with Gasteiger partial charge in [-0.3, -0.25) is 0 Å². The molecule has 0 bridgehead atoms. The molecular weight excluding hydrogens is 284 g/mol. The van der Waals surface area contributed by atoms with Crippen molar-refractivity contribution in [1.29, 1.82) is 0 Å². The van der Waals surface area contributed by atoms with Crippen LogP contribution in [0.15, 0.2) is 47.5 Å². The van der Waals surface area contributed by atoms with Crippen LogP contribution in [0.4, 0.5) is 0 Å². The Morgan fingerprint density at radius 3 is 2.04 bits per heavy atom. The molecule has 0 spiro atoms. The second-order valence-electron chi connectivity index (χ2n) is 6.81. The highest BCUT2D eigenvalue weighted by Crippen LogP contribution is 2.27. The van der Waals surface area contributed by atoms with E-state index < -0.39 is 0 Å². The Labute approximate surface area is 138 Å². The van der Waals surface area contributed by atoms with Gasteiger partial charge in [-0.25, -0.2) is 4.99 Å². The summed E-state index contributed by atoms with van der Waals surface area (Å²) in [5.41, 5.74) is 22.5. The van der Waals surface area contributed by atoms with Gasteiger partial charge in [-0.1, -0.05) is 51.1 Å². The molecule has 23 heavy (non-hydrogen) atoms. The van der Waals surface area contributed by atoms with Gasteiger partial charge in [0, 0.05) is 6.54 Å². The van der Waals surface area contributed by atoms with Gasteiger partial charge in [0.15, 0.2) is 5.96 Å². The zero-order valence-corrected chi connectivity index (χ0v) is 14.1. The van der Waals surface area contributed by atoms with Crippen molar-refractivity contribution in [3.05, 3.63) is 59.2 Å². The van der Waals surface area contributed by atoms with Gasteiger partial charge in [-0.05, 0) is 45.4 Å². The predicted octanol–water partition coefficient (Wildman–Crippen LogP) is 2.88. The molecule has 0 aliphatic heterocycles. The van der Waals surface area contributed by atoms with E-state index in [4.69, 9.17) is 17.2 Å². The van der Waals surface area contributed by atoms with Crippen LogP contribution in [0.2, 0.25) is 0 Å². The van der Waals surface area contributed by atoms with Crippen molar-refractivity contribution in [3.8, 4) is 11.1 Å². The minimum Gasteiger partial charge on any atom is -0.370 e. The van der Waals surface area contributed by atoms with Crippen LogP contribution in [0.1, 0.15) is 37.5 Å². The topological polar surface area (TPSA) is 90.4 Å². The third-order valence-electron chi connectivity index (χ3n) is 3.82. The smallest absolute Gasteiger partial charge is 0.186 e. The van der Waals surface area contributed by atoms with Gasteiger partial charge < -0.3 is 17.2 Å². The summed E-state index contributed by atoms with van der Waals surface area (Å²) in [6.45, 7) is 7.59. The van der Waals surface area contributed by atoms with Gasteiger partial charge in [-0.2, -0.15) is 0 Å². The molecule has 0 radical (unpaired) electrons. The van der Waals surface area contributed by atoms with Gasteiger partial charge in [0.2, 0.25) is 0 Å². The molecule has 4 nitrogen and oxygen atoms in total.